The number of ketones is 1. The summed E-state index contributed by atoms with van der Waals surface area (Å²) in [4.78, 5) is 12.3. The zero-order chi connectivity index (χ0) is 21.2. The maximum atomic E-state index is 14.4. The SMILES string of the molecule is CCCCCCCCCCCCC(F)(F)C(=O)C[C@H]1CC[C@]2(C)CCCC[C@H]2C1. The van der Waals surface area contributed by atoms with E-state index in [1.807, 2.05) is 0 Å². The highest BCUT2D eigenvalue weighted by Gasteiger charge is 2.44. The summed E-state index contributed by atoms with van der Waals surface area (Å²) in [5, 5.41) is 0. The van der Waals surface area contributed by atoms with Crippen LogP contribution < -0.4 is 0 Å². The van der Waals surface area contributed by atoms with Crippen LogP contribution in [0.15, 0.2) is 0 Å². The molecule has 2 rings (SSSR count). The van der Waals surface area contributed by atoms with Crippen LogP contribution >= 0.6 is 0 Å². The first-order chi connectivity index (χ1) is 13.9. The quantitative estimate of drug-likeness (QED) is 0.260. The van der Waals surface area contributed by atoms with E-state index >= 15 is 0 Å². The van der Waals surface area contributed by atoms with Crippen molar-refractivity contribution in [2.75, 3.05) is 0 Å². The molecule has 2 aliphatic rings. The first-order valence-electron chi connectivity index (χ1n) is 12.8. The Morgan fingerprint density at radius 3 is 2.17 bits per heavy atom. The Labute approximate surface area is 178 Å². The minimum absolute atomic E-state index is 0.108. The summed E-state index contributed by atoms with van der Waals surface area (Å²) in [5.74, 6) is -3.04. The lowest BCUT2D eigenvalue weighted by atomic mass is 9.58. The van der Waals surface area contributed by atoms with Crippen molar-refractivity contribution < 1.29 is 13.6 Å². The monoisotopic (exact) mass is 412 g/mol. The van der Waals surface area contributed by atoms with Crippen molar-refractivity contribution in [1.29, 1.82) is 0 Å². The zero-order valence-corrected chi connectivity index (χ0v) is 19.3. The van der Waals surface area contributed by atoms with Gasteiger partial charge in [-0.25, -0.2) is 0 Å². The maximum absolute atomic E-state index is 14.4. The molecule has 0 amide bonds. The normalized spacial score (nSPS) is 27.6. The summed E-state index contributed by atoms with van der Waals surface area (Å²) in [6.07, 6.45) is 19.3. The summed E-state index contributed by atoms with van der Waals surface area (Å²) in [7, 11) is 0. The molecule has 0 spiro atoms. The molecule has 29 heavy (non-hydrogen) atoms. The third-order valence-corrected chi connectivity index (χ3v) is 8.00. The Bertz CT molecular complexity index is 475. The van der Waals surface area contributed by atoms with Crippen LogP contribution in [0.3, 0.4) is 0 Å². The summed E-state index contributed by atoms with van der Waals surface area (Å²) >= 11 is 0. The van der Waals surface area contributed by atoms with Crippen molar-refractivity contribution in [3.05, 3.63) is 0 Å². The maximum Gasteiger partial charge on any atom is 0.305 e. The second-order valence-corrected chi connectivity index (χ2v) is 10.5. The Balaban J connectivity index is 1.58. The number of carbonyl (C=O) groups excluding carboxylic acids is 1. The van der Waals surface area contributed by atoms with E-state index in [0.717, 1.165) is 38.5 Å². The van der Waals surface area contributed by atoms with Gasteiger partial charge in [0.15, 0.2) is 0 Å². The average Bonchev–Trinajstić information content (AvgIpc) is 2.69. The molecule has 2 fully saturated rings. The van der Waals surface area contributed by atoms with Crippen molar-refractivity contribution in [2.24, 2.45) is 17.3 Å². The van der Waals surface area contributed by atoms with E-state index in [9.17, 15) is 13.6 Å². The molecule has 1 nitrogen and oxygen atoms in total. The molecular formula is C26H46F2O. The van der Waals surface area contributed by atoms with Gasteiger partial charge in [-0.1, -0.05) is 84.5 Å². The summed E-state index contributed by atoms with van der Waals surface area (Å²) in [5.41, 5.74) is 0.413. The Morgan fingerprint density at radius 2 is 1.52 bits per heavy atom. The van der Waals surface area contributed by atoms with Gasteiger partial charge in [0.05, 0.1) is 0 Å². The number of fused-ring (bicyclic) bond motifs is 1. The fourth-order valence-electron chi connectivity index (χ4n) is 5.83. The van der Waals surface area contributed by atoms with Crippen molar-refractivity contribution in [3.63, 3.8) is 0 Å². The number of alkyl halides is 2. The molecule has 0 unspecified atom stereocenters. The van der Waals surface area contributed by atoms with Gasteiger partial charge in [0.2, 0.25) is 5.78 Å². The molecule has 0 N–H and O–H groups in total. The van der Waals surface area contributed by atoms with Crippen LogP contribution in [0.5, 0.6) is 0 Å². The average molecular weight is 413 g/mol. The topological polar surface area (TPSA) is 17.1 Å². The smallest absolute Gasteiger partial charge is 0.293 e. The largest absolute Gasteiger partial charge is 0.305 e. The van der Waals surface area contributed by atoms with Gasteiger partial charge in [-0.2, -0.15) is 8.78 Å². The van der Waals surface area contributed by atoms with E-state index in [0.29, 0.717) is 17.8 Å². The van der Waals surface area contributed by atoms with Gasteiger partial charge < -0.3 is 0 Å². The minimum atomic E-state index is -3.10. The lowest BCUT2D eigenvalue weighted by Gasteiger charge is -2.47. The minimum Gasteiger partial charge on any atom is -0.293 e. The highest BCUT2D eigenvalue weighted by atomic mass is 19.3. The highest BCUT2D eigenvalue weighted by molar-refractivity contribution is 5.85. The Hall–Kier alpha value is -0.470. The van der Waals surface area contributed by atoms with Crippen molar-refractivity contribution >= 4 is 5.78 Å². The standard InChI is InChI=1S/C26H46F2O/c1-3-4-5-6-7-8-9-10-11-13-18-26(27,28)24(29)21-22-16-19-25(2)17-14-12-15-23(25)20-22/h22-23H,3-21H2,1-2H3/t22-,23-,25-/m0/s1. The third kappa shape index (κ3) is 8.29. The first-order valence-corrected chi connectivity index (χ1v) is 12.8. The van der Waals surface area contributed by atoms with Gasteiger partial charge in [0.25, 0.3) is 0 Å². The summed E-state index contributed by atoms with van der Waals surface area (Å²) < 4.78 is 28.8. The van der Waals surface area contributed by atoms with E-state index in [1.54, 1.807) is 0 Å². The number of hydrogen-bond donors (Lipinski definition) is 0. The van der Waals surface area contributed by atoms with E-state index < -0.39 is 11.7 Å². The molecule has 0 aromatic heterocycles. The second kappa shape index (κ2) is 12.4. The number of halogens is 2. The van der Waals surface area contributed by atoms with Gasteiger partial charge in [0, 0.05) is 12.8 Å². The molecule has 0 aromatic carbocycles. The fourth-order valence-corrected chi connectivity index (χ4v) is 5.83. The first kappa shape index (κ1) is 24.8. The predicted octanol–water partition coefficient (Wildman–Crippen LogP) is 8.89. The number of carbonyl (C=O) groups is 1. The van der Waals surface area contributed by atoms with E-state index in [2.05, 4.69) is 13.8 Å². The number of unbranched alkanes of at least 4 members (excludes halogenated alkanes) is 9. The molecular weight excluding hydrogens is 366 g/mol. The molecule has 0 heterocycles. The van der Waals surface area contributed by atoms with E-state index in [-0.39, 0.29) is 18.8 Å². The predicted molar refractivity (Wildman–Crippen MR) is 118 cm³/mol. The molecule has 0 radical (unpaired) electrons. The molecule has 3 heteroatoms. The second-order valence-electron chi connectivity index (χ2n) is 10.5. The molecule has 170 valence electrons. The Kier molecular flexibility index (Phi) is 10.6. The van der Waals surface area contributed by atoms with Crippen LogP contribution in [0, 0.1) is 17.3 Å². The lowest BCUT2D eigenvalue weighted by Crippen LogP contribution is -2.38. The number of Topliss-reactive ketones (excluding diaryl/α,β-unsaturated/α-hetero) is 1. The molecule has 2 saturated carbocycles. The van der Waals surface area contributed by atoms with Crippen molar-refractivity contribution in [3.8, 4) is 0 Å². The third-order valence-electron chi connectivity index (χ3n) is 8.00. The summed E-state index contributed by atoms with van der Waals surface area (Å²) in [6, 6.07) is 0. The summed E-state index contributed by atoms with van der Waals surface area (Å²) in [6.45, 7) is 4.61. The lowest BCUT2D eigenvalue weighted by molar-refractivity contribution is -0.146. The van der Waals surface area contributed by atoms with E-state index in [1.165, 1.54) is 64.2 Å². The van der Waals surface area contributed by atoms with Gasteiger partial charge in [-0.3, -0.25) is 4.79 Å². The molecule has 3 atom stereocenters. The van der Waals surface area contributed by atoms with Crippen LogP contribution in [0.2, 0.25) is 0 Å². The van der Waals surface area contributed by atoms with Crippen LogP contribution in [0.4, 0.5) is 8.78 Å². The zero-order valence-electron chi connectivity index (χ0n) is 19.3. The van der Waals surface area contributed by atoms with Gasteiger partial charge >= 0.3 is 5.92 Å². The van der Waals surface area contributed by atoms with Crippen LogP contribution in [0.1, 0.15) is 136 Å². The van der Waals surface area contributed by atoms with E-state index in [4.69, 9.17) is 0 Å². The molecule has 0 saturated heterocycles. The molecule has 0 aliphatic heterocycles. The van der Waals surface area contributed by atoms with Crippen molar-refractivity contribution in [1.82, 2.24) is 0 Å². The van der Waals surface area contributed by atoms with Crippen LogP contribution in [-0.2, 0) is 4.79 Å². The Morgan fingerprint density at radius 1 is 0.897 bits per heavy atom. The number of hydrogen-bond acceptors (Lipinski definition) is 1. The number of rotatable bonds is 14. The van der Waals surface area contributed by atoms with Crippen LogP contribution in [-0.4, -0.2) is 11.7 Å². The highest BCUT2D eigenvalue weighted by Crippen LogP contribution is 2.52. The molecule has 0 aromatic rings. The van der Waals surface area contributed by atoms with Crippen LogP contribution in [0.25, 0.3) is 0 Å². The van der Waals surface area contributed by atoms with Gasteiger partial charge in [-0.05, 0) is 55.8 Å². The van der Waals surface area contributed by atoms with Gasteiger partial charge in [-0.15, -0.1) is 0 Å². The molecule has 0 bridgehead atoms. The molecule has 2 aliphatic carbocycles. The fraction of sp³-hybridized carbons (Fsp3) is 0.962. The van der Waals surface area contributed by atoms with Crippen molar-refractivity contribution in [2.45, 2.75) is 142 Å². The van der Waals surface area contributed by atoms with Gasteiger partial charge in [0.1, 0.15) is 0 Å².